The summed E-state index contributed by atoms with van der Waals surface area (Å²) >= 11 is 11.9. The fraction of sp³-hybridized carbons (Fsp3) is 0.158. The number of nitrogens with one attached hydrogen (secondary N) is 1. The van der Waals surface area contributed by atoms with Gasteiger partial charge in [-0.25, -0.2) is 0 Å². The van der Waals surface area contributed by atoms with Crippen molar-refractivity contribution in [3.63, 3.8) is 0 Å². The Bertz CT molecular complexity index is 865. The first-order chi connectivity index (χ1) is 12.3. The van der Waals surface area contributed by atoms with Crippen molar-refractivity contribution in [1.29, 1.82) is 0 Å². The van der Waals surface area contributed by atoms with Gasteiger partial charge in [0.2, 0.25) is 5.91 Å². The van der Waals surface area contributed by atoms with E-state index in [2.05, 4.69) is 5.32 Å². The van der Waals surface area contributed by atoms with Crippen LogP contribution >= 0.6 is 23.2 Å². The predicted octanol–water partition coefficient (Wildman–Crippen LogP) is 4.17. The average molecular weight is 390 g/mol. The number of rotatable bonds is 3. The number of carbonyl (C=O) groups is 2. The standard InChI is InChI=1S/C19H17Cl2N3O2/c1-13(25)22-19(2)18(26)23(16-7-3-14(20)4-8-16)11-12-24(19)17-9-5-15(21)6-10-17/h3-12H,1-2H3,(H,22,25). The third-order valence-electron chi connectivity index (χ3n) is 4.11. The minimum Gasteiger partial charge on any atom is -0.326 e. The summed E-state index contributed by atoms with van der Waals surface area (Å²) in [6.07, 6.45) is 3.40. The highest BCUT2D eigenvalue weighted by Gasteiger charge is 2.45. The molecule has 1 aliphatic rings. The van der Waals surface area contributed by atoms with Crippen molar-refractivity contribution in [2.75, 3.05) is 9.80 Å². The lowest BCUT2D eigenvalue weighted by Crippen LogP contribution is -2.67. The van der Waals surface area contributed by atoms with E-state index < -0.39 is 5.66 Å². The molecule has 1 aliphatic heterocycles. The van der Waals surface area contributed by atoms with E-state index in [0.29, 0.717) is 15.7 Å². The van der Waals surface area contributed by atoms with Crippen molar-refractivity contribution in [3.05, 3.63) is 71.0 Å². The second-order valence-corrected chi connectivity index (χ2v) is 6.92. The molecule has 1 N–H and O–H groups in total. The van der Waals surface area contributed by atoms with E-state index >= 15 is 0 Å². The van der Waals surface area contributed by atoms with Gasteiger partial charge in [-0.1, -0.05) is 23.2 Å². The molecular weight excluding hydrogens is 373 g/mol. The number of halogens is 2. The monoisotopic (exact) mass is 389 g/mol. The van der Waals surface area contributed by atoms with Crippen LogP contribution < -0.4 is 15.1 Å². The van der Waals surface area contributed by atoms with Crippen LogP contribution in [0.15, 0.2) is 60.9 Å². The van der Waals surface area contributed by atoms with Crippen LogP contribution in [0.4, 0.5) is 11.4 Å². The van der Waals surface area contributed by atoms with Crippen LogP contribution in [-0.4, -0.2) is 17.5 Å². The summed E-state index contributed by atoms with van der Waals surface area (Å²) in [4.78, 5) is 28.3. The quantitative estimate of drug-likeness (QED) is 0.856. The van der Waals surface area contributed by atoms with Crippen LogP contribution in [0.1, 0.15) is 13.8 Å². The molecule has 1 unspecified atom stereocenters. The Morgan fingerprint density at radius 2 is 1.42 bits per heavy atom. The zero-order valence-corrected chi connectivity index (χ0v) is 15.8. The molecule has 0 aliphatic carbocycles. The minimum atomic E-state index is -1.30. The van der Waals surface area contributed by atoms with Crippen molar-refractivity contribution in [2.24, 2.45) is 0 Å². The van der Waals surface area contributed by atoms with Gasteiger partial charge in [-0.15, -0.1) is 0 Å². The van der Waals surface area contributed by atoms with Crippen molar-refractivity contribution >= 4 is 46.4 Å². The molecule has 0 aromatic heterocycles. The van der Waals surface area contributed by atoms with Gasteiger partial charge in [-0.3, -0.25) is 14.5 Å². The van der Waals surface area contributed by atoms with Crippen molar-refractivity contribution in [3.8, 4) is 0 Å². The zero-order chi connectivity index (χ0) is 18.9. The first kappa shape index (κ1) is 18.3. The lowest BCUT2D eigenvalue weighted by atomic mass is 10.0. The highest BCUT2D eigenvalue weighted by Crippen LogP contribution is 2.32. The molecule has 0 bridgehead atoms. The predicted molar refractivity (Wildman–Crippen MR) is 104 cm³/mol. The van der Waals surface area contributed by atoms with Crippen molar-refractivity contribution in [2.45, 2.75) is 19.5 Å². The normalized spacial score (nSPS) is 19.6. The fourth-order valence-corrected chi connectivity index (χ4v) is 3.15. The lowest BCUT2D eigenvalue weighted by molar-refractivity contribution is -0.130. The second-order valence-electron chi connectivity index (χ2n) is 6.05. The number of hydrogen-bond donors (Lipinski definition) is 1. The number of nitrogens with zero attached hydrogens (tertiary/aromatic N) is 2. The van der Waals surface area contributed by atoms with E-state index in [1.807, 2.05) is 0 Å². The third-order valence-corrected chi connectivity index (χ3v) is 4.61. The smallest absolute Gasteiger partial charge is 0.277 e. The molecule has 0 saturated carbocycles. The molecule has 0 saturated heterocycles. The largest absolute Gasteiger partial charge is 0.326 e. The Morgan fingerprint density at radius 3 is 1.92 bits per heavy atom. The highest BCUT2D eigenvalue weighted by molar-refractivity contribution is 6.31. The van der Waals surface area contributed by atoms with E-state index in [9.17, 15) is 9.59 Å². The zero-order valence-electron chi connectivity index (χ0n) is 14.2. The van der Waals surface area contributed by atoms with E-state index in [1.165, 1.54) is 11.8 Å². The van der Waals surface area contributed by atoms with Crippen LogP contribution in [0.3, 0.4) is 0 Å². The van der Waals surface area contributed by atoms with E-state index in [-0.39, 0.29) is 11.8 Å². The molecule has 134 valence electrons. The van der Waals surface area contributed by atoms with Crippen LogP contribution in [0.5, 0.6) is 0 Å². The molecule has 3 rings (SSSR count). The van der Waals surface area contributed by atoms with Gasteiger partial charge in [0.05, 0.1) is 0 Å². The molecular formula is C19H17Cl2N3O2. The molecule has 1 atom stereocenters. The van der Waals surface area contributed by atoms with Crippen LogP contribution in [0, 0.1) is 0 Å². The Hall–Kier alpha value is -2.50. The maximum absolute atomic E-state index is 13.3. The Labute approximate surface area is 161 Å². The van der Waals surface area contributed by atoms with Crippen LogP contribution in [0.2, 0.25) is 10.0 Å². The number of anilines is 2. The number of amides is 2. The van der Waals surface area contributed by atoms with Gasteiger partial charge in [0.1, 0.15) is 0 Å². The first-order valence-corrected chi connectivity index (χ1v) is 8.68. The summed E-state index contributed by atoms with van der Waals surface area (Å²) in [6.45, 7) is 3.04. The highest BCUT2D eigenvalue weighted by atomic mass is 35.5. The van der Waals surface area contributed by atoms with Gasteiger partial charge in [-0.05, 0) is 55.5 Å². The lowest BCUT2D eigenvalue weighted by Gasteiger charge is -2.44. The van der Waals surface area contributed by atoms with Crippen LogP contribution in [0.25, 0.3) is 0 Å². The first-order valence-electron chi connectivity index (χ1n) is 7.92. The van der Waals surface area contributed by atoms with E-state index in [1.54, 1.807) is 72.8 Å². The summed E-state index contributed by atoms with van der Waals surface area (Å²) in [5, 5.41) is 3.93. The van der Waals surface area contributed by atoms with E-state index in [0.717, 1.165) is 5.69 Å². The van der Waals surface area contributed by atoms with Gasteiger partial charge in [0.25, 0.3) is 5.91 Å². The molecule has 0 spiro atoms. The third kappa shape index (κ3) is 3.41. The Morgan fingerprint density at radius 1 is 0.923 bits per heavy atom. The number of hydrogen-bond acceptors (Lipinski definition) is 3. The maximum atomic E-state index is 13.3. The summed E-state index contributed by atoms with van der Waals surface area (Å²) in [5.41, 5.74) is 0.0858. The topological polar surface area (TPSA) is 52.7 Å². The SMILES string of the molecule is CC(=O)NC1(C)C(=O)N(c2ccc(Cl)cc2)C=CN1c1ccc(Cl)cc1. The molecule has 0 radical (unpaired) electrons. The molecule has 0 fully saturated rings. The Balaban J connectivity index is 2.06. The van der Waals surface area contributed by atoms with Gasteiger partial charge < -0.3 is 10.2 Å². The van der Waals surface area contributed by atoms with E-state index in [4.69, 9.17) is 23.2 Å². The summed E-state index contributed by atoms with van der Waals surface area (Å²) in [7, 11) is 0. The molecule has 5 nitrogen and oxygen atoms in total. The number of benzene rings is 2. The molecule has 2 aromatic carbocycles. The molecule has 26 heavy (non-hydrogen) atoms. The van der Waals surface area contributed by atoms with Gasteiger partial charge in [-0.2, -0.15) is 0 Å². The van der Waals surface area contributed by atoms with Gasteiger partial charge in [0.15, 0.2) is 5.66 Å². The molecule has 1 heterocycles. The summed E-state index contributed by atoms with van der Waals surface area (Å²) in [6, 6.07) is 14.0. The van der Waals surface area contributed by atoms with Crippen molar-refractivity contribution < 1.29 is 9.59 Å². The van der Waals surface area contributed by atoms with Crippen LogP contribution in [-0.2, 0) is 9.59 Å². The van der Waals surface area contributed by atoms with Crippen molar-refractivity contribution in [1.82, 2.24) is 5.32 Å². The van der Waals surface area contributed by atoms with Gasteiger partial charge >= 0.3 is 0 Å². The minimum absolute atomic E-state index is 0.299. The Kier molecular flexibility index (Phi) is 4.94. The summed E-state index contributed by atoms with van der Waals surface area (Å²) in [5.74, 6) is -0.612. The van der Waals surface area contributed by atoms with Gasteiger partial charge in [0, 0.05) is 40.7 Å². The fourth-order valence-electron chi connectivity index (χ4n) is 2.90. The maximum Gasteiger partial charge on any atom is 0.277 e. The molecule has 2 amide bonds. The second kappa shape index (κ2) is 7.02. The molecule has 7 heteroatoms. The average Bonchev–Trinajstić information content (AvgIpc) is 2.59. The number of carbonyl (C=O) groups excluding carboxylic acids is 2. The summed E-state index contributed by atoms with van der Waals surface area (Å²) < 4.78 is 0. The molecule has 2 aromatic rings.